The predicted octanol–water partition coefficient (Wildman–Crippen LogP) is 2.33. The molecule has 0 unspecified atom stereocenters. The Morgan fingerprint density at radius 3 is 2.24 bits per heavy atom. The summed E-state index contributed by atoms with van der Waals surface area (Å²) in [5.74, 6) is -1.47. The topological polar surface area (TPSA) is 59.0 Å². The predicted molar refractivity (Wildman–Crippen MR) is 122 cm³/mol. The Bertz CT molecular complexity index is 962. The molecule has 9 heteroatoms. The van der Waals surface area contributed by atoms with Crippen LogP contribution in [0.1, 0.15) is 27.3 Å². The van der Waals surface area contributed by atoms with Gasteiger partial charge in [0.1, 0.15) is 17.3 Å². The second-order valence-electron chi connectivity index (χ2n) is 8.50. The molecule has 4 rings (SSSR count). The number of nitrogens with zero attached hydrogens (tertiary/aromatic N) is 3. The van der Waals surface area contributed by atoms with Gasteiger partial charge in [-0.05, 0) is 26.0 Å². The lowest BCUT2D eigenvalue weighted by Gasteiger charge is -2.29. The fraction of sp³-hybridized carbons (Fsp3) is 0.542. The fourth-order valence-corrected chi connectivity index (χ4v) is 4.70. The van der Waals surface area contributed by atoms with Crippen molar-refractivity contribution in [2.45, 2.75) is 20.4 Å². The van der Waals surface area contributed by atoms with Gasteiger partial charge in [-0.3, -0.25) is 9.69 Å². The molecule has 2 fully saturated rings. The molecule has 0 aliphatic carbocycles. The smallest absolute Gasteiger partial charge is 0.268 e. The van der Waals surface area contributed by atoms with Gasteiger partial charge in [0, 0.05) is 56.1 Å². The monoisotopic (exact) mass is 462 g/mol. The van der Waals surface area contributed by atoms with Gasteiger partial charge < -0.3 is 24.3 Å². The highest BCUT2D eigenvalue weighted by atomic mass is 19.1. The maximum atomic E-state index is 14.5. The molecule has 0 spiro atoms. The number of hydrogen-bond donors (Lipinski definition) is 1. The number of hydrogen-bond acceptors (Lipinski definition) is 5. The van der Waals surface area contributed by atoms with E-state index >= 15 is 0 Å². The first-order chi connectivity index (χ1) is 16.0. The summed E-state index contributed by atoms with van der Waals surface area (Å²) >= 11 is 0. The summed E-state index contributed by atoms with van der Waals surface area (Å²) in [4.78, 5) is 17.8. The van der Waals surface area contributed by atoms with Crippen molar-refractivity contribution in [2.24, 2.45) is 0 Å². The van der Waals surface area contributed by atoms with Gasteiger partial charge in [0.25, 0.3) is 5.91 Å². The highest BCUT2D eigenvalue weighted by molar-refractivity contribution is 5.96. The zero-order valence-electron chi connectivity index (χ0n) is 19.3. The first kappa shape index (κ1) is 23.7. The molecule has 0 saturated carbocycles. The van der Waals surface area contributed by atoms with Gasteiger partial charge in [0.15, 0.2) is 0 Å². The SMILES string of the molecule is Cc1c(N2CCOCC2)c(C)n(Cc2c(F)cccc2F)c1C(=O)NCCN1CCOCC1. The minimum Gasteiger partial charge on any atom is -0.379 e. The number of carbonyl (C=O) groups excluding carboxylic acids is 1. The van der Waals surface area contributed by atoms with Crippen LogP contribution in [0.5, 0.6) is 0 Å². The summed E-state index contributed by atoms with van der Waals surface area (Å²) in [7, 11) is 0. The van der Waals surface area contributed by atoms with Gasteiger partial charge >= 0.3 is 0 Å². The molecule has 0 atom stereocenters. The number of halogens is 2. The van der Waals surface area contributed by atoms with E-state index in [-0.39, 0.29) is 18.0 Å². The molecular formula is C24H32F2N4O3. The summed E-state index contributed by atoms with van der Waals surface area (Å²) < 4.78 is 41.5. The zero-order valence-corrected chi connectivity index (χ0v) is 19.3. The van der Waals surface area contributed by atoms with Crippen LogP contribution in [0.15, 0.2) is 18.2 Å². The molecule has 1 amide bonds. The van der Waals surface area contributed by atoms with Crippen LogP contribution in [0.25, 0.3) is 0 Å². The largest absolute Gasteiger partial charge is 0.379 e. The first-order valence-electron chi connectivity index (χ1n) is 11.5. The Labute approximate surface area is 193 Å². The van der Waals surface area contributed by atoms with Gasteiger partial charge in [0.05, 0.1) is 38.7 Å². The molecule has 1 aromatic carbocycles. The van der Waals surface area contributed by atoms with Gasteiger partial charge in [0.2, 0.25) is 0 Å². The van der Waals surface area contributed by atoms with Crippen LogP contribution in [0.4, 0.5) is 14.5 Å². The number of benzene rings is 1. The average Bonchev–Trinajstić information content (AvgIpc) is 3.06. The first-order valence-corrected chi connectivity index (χ1v) is 11.5. The molecule has 1 N–H and O–H groups in total. The second kappa shape index (κ2) is 10.6. The van der Waals surface area contributed by atoms with Gasteiger partial charge in [-0.1, -0.05) is 6.07 Å². The minimum absolute atomic E-state index is 0.0495. The number of ether oxygens (including phenoxy) is 2. The standard InChI is InChI=1S/C24H32F2N4O3/c1-17-22(29-10-14-33-15-11-29)18(2)30(16-19-20(25)4-3-5-21(19)26)23(17)24(31)27-6-7-28-8-12-32-13-9-28/h3-5H,6-16H2,1-2H3,(H,27,31). The van der Waals surface area contributed by atoms with E-state index in [1.165, 1.54) is 18.2 Å². The third kappa shape index (κ3) is 5.20. The lowest BCUT2D eigenvalue weighted by Crippen LogP contribution is -2.41. The summed E-state index contributed by atoms with van der Waals surface area (Å²) in [6, 6.07) is 3.84. The Balaban J connectivity index is 1.62. The Morgan fingerprint density at radius 2 is 1.61 bits per heavy atom. The van der Waals surface area contributed by atoms with E-state index in [1.807, 2.05) is 13.8 Å². The average molecular weight is 463 g/mol. The quantitative estimate of drug-likeness (QED) is 0.685. The van der Waals surface area contributed by atoms with E-state index in [9.17, 15) is 13.6 Å². The number of carbonyl (C=O) groups is 1. The molecule has 1 aromatic heterocycles. The molecule has 33 heavy (non-hydrogen) atoms. The Hall–Kier alpha value is -2.49. The van der Waals surface area contributed by atoms with Crippen LogP contribution >= 0.6 is 0 Å². The van der Waals surface area contributed by atoms with Crippen molar-refractivity contribution >= 4 is 11.6 Å². The summed E-state index contributed by atoms with van der Waals surface area (Å²) in [6.45, 7) is 10.7. The number of rotatable bonds is 7. The molecule has 2 aliphatic heterocycles. The van der Waals surface area contributed by atoms with Crippen molar-refractivity contribution in [2.75, 3.05) is 70.6 Å². The van der Waals surface area contributed by atoms with E-state index in [1.54, 1.807) is 4.57 Å². The van der Waals surface area contributed by atoms with Crippen LogP contribution in [0.2, 0.25) is 0 Å². The van der Waals surface area contributed by atoms with Crippen molar-refractivity contribution in [3.63, 3.8) is 0 Å². The molecule has 2 aromatic rings. The van der Waals surface area contributed by atoms with Crippen LogP contribution in [0, 0.1) is 25.5 Å². The highest BCUT2D eigenvalue weighted by Crippen LogP contribution is 2.32. The summed E-state index contributed by atoms with van der Waals surface area (Å²) in [6.07, 6.45) is 0. The normalized spacial score (nSPS) is 17.4. The maximum absolute atomic E-state index is 14.5. The zero-order chi connectivity index (χ0) is 23.4. The van der Waals surface area contributed by atoms with Crippen molar-refractivity contribution < 1.29 is 23.0 Å². The molecule has 180 valence electrons. The Kier molecular flexibility index (Phi) is 7.62. The number of amides is 1. The number of morpholine rings is 2. The fourth-order valence-electron chi connectivity index (χ4n) is 4.70. The summed E-state index contributed by atoms with van der Waals surface area (Å²) in [5, 5.41) is 3.01. The molecule has 0 radical (unpaired) electrons. The number of aromatic nitrogens is 1. The van der Waals surface area contributed by atoms with E-state index < -0.39 is 11.6 Å². The minimum atomic E-state index is -0.618. The van der Waals surface area contributed by atoms with Gasteiger partial charge in [-0.25, -0.2) is 8.78 Å². The lowest BCUT2D eigenvalue weighted by atomic mass is 10.1. The number of anilines is 1. The highest BCUT2D eigenvalue weighted by Gasteiger charge is 2.28. The van der Waals surface area contributed by atoms with E-state index in [2.05, 4.69) is 15.1 Å². The van der Waals surface area contributed by atoms with Crippen molar-refractivity contribution in [1.82, 2.24) is 14.8 Å². The van der Waals surface area contributed by atoms with Gasteiger partial charge in [-0.2, -0.15) is 0 Å². The lowest BCUT2D eigenvalue weighted by molar-refractivity contribution is 0.0383. The maximum Gasteiger partial charge on any atom is 0.268 e. The Morgan fingerprint density at radius 1 is 1.00 bits per heavy atom. The van der Waals surface area contributed by atoms with Gasteiger partial charge in [-0.15, -0.1) is 0 Å². The molecule has 3 heterocycles. The van der Waals surface area contributed by atoms with Crippen molar-refractivity contribution in [1.29, 1.82) is 0 Å². The van der Waals surface area contributed by atoms with Crippen molar-refractivity contribution in [3.05, 3.63) is 52.3 Å². The summed E-state index contributed by atoms with van der Waals surface area (Å²) in [5.41, 5.74) is 2.96. The molecule has 2 saturated heterocycles. The van der Waals surface area contributed by atoms with E-state index in [0.29, 0.717) is 51.8 Å². The van der Waals surface area contributed by atoms with Crippen LogP contribution in [-0.2, 0) is 16.0 Å². The van der Waals surface area contributed by atoms with Crippen molar-refractivity contribution in [3.8, 4) is 0 Å². The third-order valence-corrected chi connectivity index (χ3v) is 6.47. The van der Waals surface area contributed by atoms with E-state index in [4.69, 9.17) is 9.47 Å². The van der Waals surface area contributed by atoms with Crippen LogP contribution in [0.3, 0.4) is 0 Å². The molecule has 7 nitrogen and oxygen atoms in total. The van der Waals surface area contributed by atoms with Crippen LogP contribution < -0.4 is 10.2 Å². The van der Waals surface area contributed by atoms with E-state index in [0.717, 1.165) is 36.6 Å². The third-order valence-electron chi connectivity index (χ3n) is 6.47. The molecule has 0 bridgehead atoms. The second-order valence-corrected chi connectivity index (χ2v) is 8.50. The van der Waals surface area contributed by atoms with Crippen LogP contribution in [-0.4, -0.2) is 81.1 Å². The molecule has 2 aliphatic rings. The number of nitrogens with one attached hydrogen (secondary N) is 1. The molecular weight excluding hydrogens is 430 g/mol.